The molecule has 0 aromatic heterocycles. The van der Waals surface area contributed by atoms with Crippen LogP contribution in [-0.4, -0.2) is 60.9 Å². The molecule has 4 aromatic rings. The minimum atomic E-state index is 0.0336. The predicted molar refractivity (Wildman–Crippen MR) is 153 cm³/mol. The van der Waals surface area contributed by atoms with Gasteiger partial charge in [0.15, 0.2) is 0 Å². The fourth-order valence-corrected chi connectivity index (χ4v) is 4.81. The van der Waals surface area contributed by atoms with E-state index in [1.165, 1.54) is 0 Å². The van der Waals surface area contributed by atoms with Gasteiger partial charge in [0.25, 0.3) is 0 Å². The van der Waals surface area contributed by atoms with Gasteiger partial charge in [0, 0.05) is 48.9 Å². The molecule has 0 radical (unpaired) electrons. The van der Waals surface area contributed by atoms with Crippen LogP contribution in [0.1, 0.15) is 0 Å². The highest BCUT2D eigenvalue weighted by atomic mass is 16.2. The molecule has 5 rings (SSSR count). The lowest BCUT2D eigenvalue weighted by atomic mass is 10.2. The van der Waals surface area contributed by atoms with Gasteiger partial charge < -0.3 is 0 Å². The van der Waals surface area contributed by atoms with E-state index in [9.17, 15) is 9.59 Å². The van der Waals surface area contributed by atoms with Crippen LogP contribution in [0.3, 0.4) is 0 Å². The molecule has 1 aliphatic heterocycles. The van der Waals surface area contributed by atoms with Crippen LogP contribution in [0.5, 0.6) is 0 Å². The molecule has 0 atom stereocenters. The smallest absolute Gasteiger partial charge is 0.245 e. The van der Waals surface area contributed by atoms with E-state index in [1.54, 1.807) is 9.80 Å². The molecule has 0 spiro atoms. The van der Waals surface area contributed by atoms with E-state index in [2.05, 4.69) is 9.80 Å². The minimum Gasteiger partial charge on any atom is -0.292 e. The van der Waals surface area contributed by atoms with Crippen molar-refractivity contribution in [2.75, 3.05) is 49.1 Å². The Kier molecular flexibility index (Phi) is 8.23. The third-order valence-corrected chi connectivity index (χ3v) is 6.74. The predicted octanol–water partition coefficient (Wildman–Crippen LogP) is 5.33. The molecule has 38 heavy (non-hydrogen) atoms. The Morgan fingerprint density at radius 3 is 0.921 bits per heavy atom. The number of benzene rings is 4. The molecule has 0 bridgehead atoms. The quantitative estimate of drug-likeness (QED) is 0.325. The number of anilines is 4. The van der Waals surface area contributed by atoms with Gasteiger partial charge in [-0.05, 0) is 48.5 Å². The Hall–Kier alpha value is -4.26. The summed E-state index contributed by atoms with van der Waals surface area (Å²) in [4.78, 5) is 34.9. The van der Waals surface area contributed by atoms with E-state index in [0.29, 0.717) is 13.1 Å². The fourth-order valence-electron chi connectivity index (χ4n) is 4.81. The first-order chi connectivity index (χ1) is 18.7. The van der Waals surface area contributed by atoms with Crippen molar-refractivity contribution < 1.29 is 9.59 Å². The maximum Gasteiger partial charge on any atom is 0.245 e. The summed E-state index contributed by atoms with van der Waals surface area (Å²) >= 11 is 0. The topological polar surface area (TPSA) is 47.1 Å². The van der Waals surface area contributed by atoms with E-state index < -0.39 is 0 Å². The van der Waals surface area contributed by atoms with Gasteiger partial charge in [0.1, 0.15) is 0 Å². The standard InChI is InChI=1S/C32H32N4O2/c37-31(35(27-13-5-1-6-14-27)28-15-7-2-8-16-28)25-33-21-23-34(24-22-33)26-32(38)36(29-17-9-3-10-18-29)30-19-11-4-12-20-30/h1-20H,21-26H2. The molecular weight excluding hydrogens is 472 g/mol. The summed E-state index contributed by atoms with van der Waals surface area (Å²) < 4.78 is 0. The molecular formula is C32H32N4O2. The average molecular weight is 505 g/mol. The number of piperazine rings is 1. The maximum atomic E-state index is 13.5. The zero-order chi connectivity index (χ0) is 26.2. The third-order valence-electron chi connectivity index (χ3n) is 6.74. The largest absolute Gasteiger partial charge is 0.292 e. The van der Waals surface area contributed by atoms with Crippen LogP contribution in [-0.2, 0) is 9.59 Å². The first-order valence-corrected chi connectivity index (χ1v) is 13.0. The van der Waals surface area contributed by atoms with Gasteiger partial charge in [-0.2, -0.15) is 0 Å². The van der Waals surface area contributed by atoms with E-state index in [1.807, 2.05) is 121 Å². The van der Waals surface area contributed by atoms with E-state index in [-0.39, 0.29) is 11.8 Å². The zero-order valence-corrected chi connectivity index (χ0v) is 21.4. The number of carbonyl (C=O) groups is 2. The first-order valence-electron chi connectivity index (χ1n) is 13.0. The summed E-state index contributed by atoms with van der Waals surface area (Å²) in [5.41, 5.74) is 3.43. The SMILES string of the molecule is O=C(CN1CCN(CC(=O)N(c2ccccc2)c2ccccc2)CC1)N(c1ccccc1)c1ccccc1. The second-order valence-corrected chi connectivity index (χ2v) is 9.35. The summed E-state index contributed by atoms with van der Waals surface area (Å²) in [6.45, 7) is 3.57. The number of para-hydroxylation sites is 4. The molecule has 1 fully saturated rings. The molecule has 6 heteroatoms. The van der Waals surface area contributed by atoms with E-state index in [4.69, 9.17) is 0 Å². The number of nitrogens with zero attached hydrogens (tertiary/aromatic N) is 4. The Bertz CT molecular complexity index is 1120. The number of amides is 2. The fraction of sp³-hybridized carbons (Fsp3) is 0.188. The lowest BCUT2D eigenvalue weighted by Crippen LogP contribution is -2.51. The van der Waals surface area contributed by atoms with Crippen molar-refractivity contribution in [3.05, 3.63) is 121 Å². The van der Waals surface area contributed by atoms with Crippen molar-refractivity contribution in [2.45, 2.75) is 0 Å². The molecule has 1 heterocycles. The molecule has 1 aliphatic rings. The lowest BCUT2D eigenvalue weighted by Gasteiger charge is -2.36. The van der Waals surface area contributed by atoms with Crippen molar-refractivity contribution in [3.63, 3.8) is 0 Å². The highest BCUT2D eigenvalue weighted by Crippen LogP contribution is 2.27. The Balaban J connectivity index is 1.21. The summed E-state index contributed by atoms with van der Waals surface area (Å²) in [6.07, 6.45) is 0. The molecule has 0 saturated carbocycles. The van der Waals surface area contributed by atoms with Crippen molar-refractivity contribution in [3.8, 4) is 0 Å². The van der Waals surface area contributed by atoms with Crippen LogP contribution in [0, 0.1) is 0 Å². The van der Waals surface area contributed by atoms with E-state index in [0.717, 1.165) is 48.9 Å². The number of hydrogen-bond donors (Lipinski definition) is 0. The molecule has 6 nitrogen and oxygen atoms in total. The molecule has 192 valence electrons. The highest BCUT2D eigenvalue weighted by Gasteiger charge is 2.26. The Morgan fingerprint density at radius 2 is 0.684 bits per heavy atom. The van der Waals surface area contributed by atoms with Gasteiger partial charge in [0.05, 0.1) is 13.1 Å². The maximum absolute atomic E-state index is 13.5. The highest BCUT2D eigenvalue weighted by molar-refractivity contribution is 6.02. The van der Waals surface area contributed by atoms with Crippen LogP contribution in [0.25, 0.3) is 0 Å². The lowest BCUT2D eigenvalue weighted by molar-refractivity contribution is -0.121. The number of hydrogen-bond acceptors (Lipinski definition) is 4. The third kappa shape index (κ3) is 6.17. The van der Waals surface area contributed by atoms with Gasteiger partial charge in [-0.1, -0.05) is 72.8 Å². The zero-order valence-electron chi connectivity index (χ0n) is 21.4. The Labute approximate surface area is 224 Å². The molecule has 4 aromatic carbocycles. The van der Waals surface area contributed by atoms with Crippen LogP contribution < -0.4 is 9.80 Å². The summed E-state index contributed by atoms with van der Waals surface area (Å²) in [5, 5.41) is 0. The summed E-state index contributed by atoms with van der Waals surface area (Å²) in [7, 11) is 0. The number of rotatable bonds is 8. The van der Waals surface area contributed by atoms with E-state index >= 15 is 0 Å². The molecule has 0 aliphatic carbocycles. The second-order valence-electron chi connectivity index (χ2n) is 9.35. The van der Waals surface area contributed by atoms with Gasteiger partial charge in [-0.25, -0.2) is 0 Å². The number of carbonyl (C=O) groups excluding carboxylic acids is 2. The van der Waals surface area contributed by atoms with Crippen molar-refractivity contribution in [1.82, 2.24) is 9.80 Å². The Morgan fingerprint density at radius 1 is 0.447 bits per heavy atom. The average Bonchev–Trinajstić information content (AvgIpc) is 2.97. The van der Waals surface area contributed by atoms with Crippen LogP contribution in [0.15, 0.2) is 121 Å². The molecule has 0 unspecified atom stereocenters. The molecule has 0 N–H and O–H groups in total. The van der Waals surface area contributed by atoms with Gasteiger partial charge >= 0.3 is 0 Å². The van der Waals surface area contributed by atoms with Gasteiger partial charge in [-0.15, -0.1) is 0 Å². The van der Waals surface area contributed by atoms with Crippen molar-refractivity contribution in [1.29, 1.82) is 0 Å². The molecule has 2 amide bonds. The summed E-state index contributed by atoms with van der Waals surface area (Å²) in [5.74, 6) is 0.0671. The monoisotopic (exact) mass is 504 g/mol. The summed E-state index contributed by atoms with van der Waals surface area (Å²) in [6, 6.07) is 39.1. The van der Waals surface area contributed by atoms with Crippen LogP contribution in [0.2, 0.25) is 0 Å². The molecule has 1 saturated heterocycles. The van der Waals surface area contributed by atoms with Crippen molar-refractivity contribution in [2.24, 2.45) is 0 Å². The second kappa shape index (κ2) is 12.3. The van der Waals surface area contributed by atoms with Gasteiger partial charge in [-0.3, -0.25) is 29.2 Å². The van der Waals surface area contributed by atoms with Crippen LogP contribution >= 0.6 is 0 Å². The normalized spacial score (nSPS) is 14.1. The minimum absolute atomic E-state index is 0.0336. The van der Waals surface area contributed by atoms with Crippen molar-refractivity contribution >= 4 is 34.6 Å². The van der Waals surface area contributed by atoms with Gasteiger partial charge in [0.2, 0.25) is 11.8 Å². The van der Waals surface area contributed by atoms with Crippen LogP contribution in [0.4, 0.5) is 22.7 Å². The first kappa shape index (κ1) is 25.4.